The summed E-state index contributed by atoms with van der Waals surface area (Å²) in [6, 6.07) is 9.08. The molecule has 136 valence electrons. The third-order valence-corrected chi connectivity index (χ3v) is 4.03. The standard InChI is InChI=1S/C18H22F3N3O/c19-18(20,21)17(22)14-9-4-5-10-15(14)23-12-6-11-16(25)24-13-7-2-1-3-8-13/h1-3,7-8,22-23H,4-6,9-12H2,(H,24,25). The van der Waals surface area contributed by atoms with Crippen molar-refractivity contribution in [3.8, 4) is 0 Å². The second kappa shape index (κ2) is 8.69. The molecule has 25 heavy (non-hydrogen) atoms. The summed E-state index contributed by atoms with van der Waals surface area (Å²) in [6.07, 6.45) is -1.56. The van der Waals surface area contributed by atoms with E-state index in [-0.39, 0.29) is 24.3 Å². The van der Waals surface area contributed by atoms with Gasteiger partial charge in [0, 0.05) is 29.9 Å². The number of allylic oxidation sites excluding steroid dienone is 2. The van der Waals surface area contributed by atoms with Crippen LogP contribution in [0.15, 0.2) is 41.6 Å². The van der Waals surface area contributed by atoms with E-state index in [1.165, 1.54) is 0 Å². The van der Waals surface area contributed by atoms with Crippen LogP contribution in [-0.2, 0) is 4.79 Å². The van der Waals surface area contributed by atoms with Crippen LogP contribution in [0.1, 0.15) is 38.5 Å². The Labute approximate surface area is 145 Å². The fourth-order valence-electron chi connectivity index (χ4n) is 2.78. The quantitative estimate of drug-likeness (QED) is 0.502. The van der Waals surface area contributed by atoms with Crippen molar-refractivity contribution in [1.82, 2.24) is 5.32 Å². The number of hydrogen-bond donors (Lipinski definition) is 3. The van der Waals surface area contributed by atoms with Crippen molar-refractivity contribution in [3.63, 3.8) is 0 Å². The molecule has 1 aromatic carbocycles. The number of carbonyl (C=O) groups excluding carboxylic acids is 1. The van der Waals surface area contributed by atoms with E-state index in [0.29, 0.717) is 31.5 Å². The van der Waals surface area contributed by atoms with Crippen LogP contribution in [-0.4, -0.2) is 24.3 Å². The van der Waals surface area contributed by atoms with Gasteiger partial charge in [-0.15, -0.1) is 0 Å². The van der Waals surface area contributed by atoms with Gasteiger partial charge in [0.05, 0.1) is 0 Å². The van der Waals surface area contributed by atoms with Gasteiger partial charge < -0.3 is 10.6 Å². The van der Waals surface area contributed by atoms with Gasteiger partial charge >= 0.3 is 6.18 Å². The Morgan fingerprint density at radius 3 is 2.48 bits per heavy atom. The van der Waals surface area contributed by atoms with Crippen LogP contribution in [0.3, 0.4) is 0 Å². The first-order valence-electron chi connectivity index (χ1n) is 8.35. The van der Waals surface area contributed by atoms with E-state index in [1.54, 1.807) is 12.1 Å². The minimum atomic E-state index is -4.62. The summed E-state index contributed by atoms with van der Waals surface area (Å²) < 4.78 is 38.3. The van der Waals surface area contributed by atoms with E-state index in [0.717, 1.165) is 12.1 Å². The van der Waals surface area contributed by atoms with Crippen molar-refractivity contribution in [2.45, 2.75) is 44.7 Å². The van der Waals surface area contributed by atoms with Crippen LogP contribution in [0.25, 0.3) is 0 Å². The number of anilines is 1. The Morgan fingerprint density at radius 2 is 1.80 bits per heavy atom. The highest BCUT2D eigenvalue weighted by molar-refractivity contribution is 6.02. The zero-order valence-electron chi connectivity index (χ0n) is 13.9. The average Bonchev–Trinajstić information content (AvgIpc) is 2.58. The molecule has 0 radical (unpaired) electrons. The smallest absolute Gasteiger partial charge is 0.388 e. The fraction of sp³-hybridized carbons (Fsp3) is 0.444. The second-order valence-corrected chi connectivity index (χ2v) is 5.98. The monoisotopic (exact) mass is 353 g/mol. The number of nitrogens with one attached hydrogen (secondary N) is 3. The van der Waals surface area contributed by atoms with E-state index >= 15 is 0 Å². The fourth-order valence-corrected chi connectivity index (χ4v) is 2.78. The molecule has 0 bridgehead atoms. The van der Waals surface area contributed by atoms with Crippen molar-refractivity contribution in [3.05, 3.63) is 41.6 Å². The Kier molecular flexibility index (Phi) is 6.61. The number of hydrogen-bond acceptors (Lipinski definition) is 3. The van der Waals surface area contributed by atoms with E-state index in [1.807, 2.05) is 18.2 Å². The largest absolute Gasteiger partial charge is 0.432 e. The van der Waals surface area contributed by atoms with Gasteiger partial charge in [-0.05, 0) is 44.2 Å². The molecule has 7 heteroatoms. The highest BCUT2D eigenvalue weighted by atomic mass is 19.4. The molecule has 3 N–H and O–H groups in total. The summed E-state index contributed by atoms with van der Waals surface area (Å²) in [5, 5.41) is 13.1. The number of carbonyl (C=O) groups is 1. The molecule has 1 aliphatic carbocycles. The molecule has 1 amide bonds. The molecule has 4 nitrogen and oxygen atoms in total. The van der Waals surface area contributed by atoms with Gasteiger partial charge in [0.2, 0.25) is 5.91 Å². The predicted molar refractivity (Wildman–Crippen MR) is 91.6 cm³/mol. The first kappa shape index (κ1) is 19.0. The first-order chi connectivity index (χ1) is 11.9. The van der Waals surface area contributed by atoms with Crippen LogP contribution in [0.2, 0.25) is 0 Å². The van der Waals surface area contributed by atoms with Crippen molar-refractivity contribution in [2.75, 3.05) is 11.9 Å². The van der Waals surface area contributed by atoms with Crippen LogP contribution in [0.4, 0.5) is 18.9 Å². The van der Waals surface area contributed by atoms with Gasteiger partial charge in [-0.3, -0.25) is 10.2 Å². The zero-order chi connectivity index (χ0) is 18.3. The summed E-state index contributed by atoms with van der Waals surface area (Å²) >= 11 is 0. The van der Waals surface area contributed by atoms with Crippen molar-refractivity contribution >= 4 is 17.3 Å². The SMILES string of the molecule is N=C(C1=C(NCCCC(=O)Nc2ccccc2)CCCC1)C(F)(F)F. The first-order valence-corrected chi connectivity index (χ1v) is 8.35. The zero-order valence-corrected chi connectivity index (χ0v) is 13.9. The molecule has 0 spiro atoms. The van der Waals surface area contributed by atoms with Crippen LogP contribution in [0, 0.1) is 5.41 Å². The lowest BCUT2D eigenvalue weighted by molar-refractivity contribution is -0.116. The molecule has 1 aliphatic rings. The molecule has 0 aliphatic heterocycles. The number of rotatable bonds is 7. The summed E-state index contributed by atoms with van der Waals surface area (Å²) in [7, 11) is 0. The summed E-state index contributed by atoms with van der Waals surface area (Å²) in [4.78, 5) is 11.8. The maximum atomic E-state index is 12.8. The molecule has 0 heterocycles. The second-order valence-electron chi connectivity index (χ2n) is 5.98. The highest BCUT2D eigenvalue weighted by Crippen LogP contribution is 2.30. The number of benzene rings is 1. The molecule has 0 fully saturated rings. The molecule has 0 saturated carbocycles. The average molecular weight is 353 g/mol. The van der Waals surface area contributed by atoms with Crippen LogP contribution < -0.4 is 10.6 Å². The lowest BCUT2D eigenvalue weighted by Gasteiger charge is -2.23. The third kappa shape index (κ3) is 5.92. The number of halogens is 3. The Bertz CT molecular complexity index is 639. The van der Waals surface area contributed by atoms with Gasteiger partial charge in [0.1, 0.15) is 5.71 Å². The molecule has 0 atom stereocenters. The Balaban J connectivity index is 1.82. The lowest BCUT2D eigenvalue weighted by Crippen LogP contribution is -2.30. The number of alkyl halides is 3. The summed E-state index contributed by atoms with van der Waals surface area (Å²) in [6.45, 7) is 0.409. The van der Waals surface area contributed by atoms with Crippen LogP contribution in [0.5, 0.6) is 0 Å². The molecular weight excluding hydrogens is 331 g/mol. The molecule has 2 rings (SSSR count). The van der Waals surface area contributed by atoms with E-state index in [2.05, 4.69) is 10.6 Å². The number of para-hydroxylation sites is 1. The maximum Gasteiger partial charge on any atom is 0.432 e. The van der Waals surface area contributed by atoms with Crippen molar-refractivity contribution in [1.29, 1.82) is 5.41 Å². The van der Waals surface area contributed by atoms with Gasteiger partial charge in [0.25, 0.3) is 0 Å². The van der Waals surface area contributed by atoms with Crippen molar-refractivity contribution in [2.24, 2.45) is 0 Å². The van der Waals surface area contributed by atoms with E-state index in [9.17, 15) is 18.0 Å². The minimum Gasteiger partial charge on any atom is -0.388 e. The molecule has 0 aromatic heterocycles. The third-order valence-electron chi connectivity index (χ3n) is 4.03. The summed E-state index contributed by atoms with van der Waals surface area (Å²) in [5.41, 5.74) is 0.0254. The Hall–Kier alpha value is -2.31. The van der Waals surface area contributed by atoms with E-state index in [4.69, 9.17) is 5.41 Å². The van der Waals surface area contributed by atoms with Crippen molar-refractivity contribution < 1.29 is 18.0 Å². The maximum absolute atomic E-state index is 12.8. The summed E-state index contributed by atoms with van der Waals surface area (Å²) in [5.74, 6) is -0.131. The molecular formula is C18H22F3N3O. The Morgan fingerprint density at radius 1 is 1.12 bits per heavy atom. The van der Waals surface area contributed by atoms with Gasteiger partial charge in [-0.2, -0.15) is 13.2 Å². The van der Waals surface area contributed by atoms with Gasteiger partial charge in [-0.1, -0.05) is 18.2 Å². The molecule has 1 aromatic rings. The van der Waals surface area contributed by atoms with E-state index < -0.39 is 11.9 Å². The van der Waals surface area contributed by atoms with Gasteiger partial charge in [-0.25, -0.2) is 0 Å². The van der Waals surface area contributed by atoms with Gasteiger partial charge in [0.15, 0.2) is 0 Å². The number of amides is 1. The topological polar surface area (TPSA) is 65.0 Å². The normalized spacial score (nSPS) is 15.0. The van der Waals surface area contributed by atoms with Crippen LogP contribution >= 0.6 is 0 Å². The lowest BCUT2D eigenvalue weighted by atomic mass is 9.92. The molecule has 0 unspecified atom stereocenters. The molecule has 0 saturated heterocycles. The highest BCUT2D eigenvalue weighted by Gasteiger charge is 2.38. The minimum absolute atomic E-state index is 0.0625. The predicted octanol–water partition coefficient (Wildman–Crippen LogP) is 4.41.